The third-order valence-corrected chi connectivity index (χ3v) is 4.95. The number of carboxylic acids is 1. The van der Waals surface area contributed by atoms with Crippen LogP contribution in [0.1, 0.15) is 62.3 Å². The molecule has 0 atom stereocenters. The van der Waals surface area contributed by atoms with Crippen molar-refractivity contribution in [3.05, 3.63) is 10.6 Å². The normalized spacial score (nSPS) is 21.6. The first kappa shape index (κ1) is 15.3. The summed E-state index contributed by atoms with van der Waals surface area (Å²) in [6, 6.07) is 0.362. The van der Waals surface area contributed by atoms with E-state index >= 15 is 0 Å². The molecule has 20 heavy (non-hydrogen) atoms. The van der Waals surface area contributed by atoms with E-state index in [4.69, 9.17) is 5.11 Å². The summed E-state index contributed by atoms with van der Waals surface area (Å²) < 4.78 is 0. The van der Waals surface area contributed by atoms with Gasteiger partial charge >= 0.3 is 5.97 Å². The van der Waals surface area contributed by atoms with Crippen molar-refractivity contribution in [2.75, 3.05) is 5.32 Å². The van der Waals surface area contributed by atoms with E-state index in [1.165, 1.54) is 17.8 Å². The standard InChI is InChI=1S/C15H24N2O2S/c1-9-11(12(18)19)20-13(16-9)17-10-6-14(2,3)8-15(4,5)7-10/h10H,6-8H2,1-5H3,(H,16,17)(H,18,19). The monoisotopic (exact) mass is 296 g/mol. The number of nitrogens with one attached hydrogen (secondary N) is 1. The van der Waals surface area contributed by atoms with Crippen LogP contribution in [0, 0.1) is 17.8 Å². The fourth-order valence-electron chi connectivity index (χ4n) is 3.78. The zero-order valence-electron chi connectivity index (χ0n) is 12.9. The van der Waals surface area contributed by atoms with E-state index < -0.39 is 5.97 Å². The van der Waals surface area contributed by atoms with Crippen molar-refractivity contribution >= 4 is 22.4 Å². The number of aryl methyl sites for hydroxylation is 1. The van der Waals surface area contributed by atoms with Crippen LogP contribution in [0.3, 0.4) is 0 Å². The number of aromatic nitrogens is 1. The van der Waals surface area contributed by atoms with Gasteiger partial charge in [0.2, 0.25) is 0 Å². The van der Waals surface area contributed by atoms with Crippen LogP contribution in [0.5, 0.6) is 0 Å². The third kappa shape index (κ3) is 3.51. The maximum atomic E-state index is 11.1. The molecule has 112 valence electrons. The summed E-state index contributed by atoms with van der Waals surface area (Å²) in [5.41, 5.74) is 1.21. The topological polar surface area (TPSA) is 62.2 Å². The van der Waals surface area contributed by atoms with Crippen LogP contribution in [0.2, 0.25) is 0 Å². The number of thiazole rings is 1. The lowest BCUT2D eigenvalue weighted by Crippen LogP contribution is -2.40. The minimum Gasteiger partial charge on any atom is -0.477 e. The van der Waals surface area contributed by atoms with Gasteiger partial charge in [-0.3, -0.25) is 0 Å². The molecule has 5 heteroatoms. The van der Waals surface area contributed by atoms with E-state index in [-0.39, 0.29) is 0 Å². The molecule has 1 aromatic rings. The molecular weight excluding hydrogens is 272 g/mol. The molecule has 0 aliphatic heterocycles. The molecule has 0 radical (unpaired) electrons. The second-order valence-corrected chi connectivity index (χ2v) is 8.49. The minimum absolute atomic E-state index is 0.307. The summed E-state index contributed by atoms with van der Waals surface area (Å²) in [7, 11) is 0. The van der Waals surface area contributed by atoms with Gasteiger partial charge in [0.1, 0.15) is 4.88 Å². The first-order valence-electron chi connectivity index (χ1n) is 7.05. The van der Waals surface area contributed by atoms with Gasteiger partial charge in [-0.2, -0.15) is 0 Å². The lowest BCUT2D eigenvalue weighted by Gasteiger charge is -2.45. The van der Waals surface area contributed by atoms with E-state index in [2.05, 4.69) is 38.0 Å². The second-order valence-electron chi connectivity index (χ2n) is 7.49. The third-order valence-electron chi connectivity index (χ3n) is 3.87. The van der Waals surface area contributed by atoms with Gasteiger partial charge < -0.3 is 10.4 Å². The Kier molecular flexibility index (Phi) is 3.84. The minimum atomic E-state index is -0.891. The number of hydrogen-bond acceptors (Lipinski definition) is 4. The van der Waals surface area contributed by atoms with Gasteiger partial charge in [-0.15, -0.1) is 0 Å². The highest BCUT2D eigenvalue weighted by Crippen LogP contribution is 2.46. The van der Waals surface area contributed by atoms with Crippen LogP contribution in [-0.2, 0) is 0 Å². The van der Waals surface area contributed by atoms with E-state index in [0.717, 1.165) is 18.0 Å². The van der Waals surface area contributed by atoms with Crippen molar-refractivity contribution in [3.63, 3.8) is 0 Å². The van der Waals surface area contributed by atoms with Crippen molar-refractivity contribution < 1.29 is 9.90 Å². The largest absolute Gasteiger partial charge is 0.477 e. The Bertz CT molecular complexity index is 504. The second kappa shape index (κ2) is 5.02. The molecule has 2 rings (SSSR count). The number of anilines is 1. The highest BCUT2D eigenvalue weighted by Gasteiger charge is 2.38. The summed E-state index contributed by atoms with van der Waals surface area (Å²) >= 11 is 1.24. The lowest BCUT2D eigenvalue weighted by atomic mass is 9.63. The summed E-state index contributed by atoms with van der Waals surface area (Å²) in [5, 5.41) is 13.3. The fourth-order valence-corrected chi connectivity index (χ4v) is 4.66. The Hall–Kier alpha value is -1.10. The first-order valence-corrected chi connectivity index (χ1v) is 7.87. The van der Waals surface area contributed by atoms with Crippen LogP contribution in [0.15, 0.2) is 0 Å². The molecule has 1 aliphatic carbocycles. The molecule has 0 saturated heterocycles. The van der Waals surface area contributed by atoms with E-state index in [1.807, 2.05) is 0 Å². The number of rotatable bonds is 3. The average Bonchev–Trinajstić information content (AvgIpc) is 2.54. The Morgan fingerprint density at radius 1 is 1.30 bits per heavy atom. The Labute approximate surface area is 124 Å². The molecule has 0 spiro atoms. The zero-order chi connectivity index (χ0) is 15.1. The van der Waals surface area contributed by atoms with Crippen molar-refractivity contribution in [2.45, 2.75) is 59.9 Å². The fraction of sp³-hybridized carbons (Fsp3) is 0.733. The Balaban J connectivity index is 2.13. The molecule has 1 heterocycles. The summed E-state index contributed by atoms with van der Waals surface area (Å²) in [6.45, 7) is 11.0. The smallest absolute Gasteiger partial charge is 0.347 e. The molecule has 4 nitrogen and oxygen atoms in total. The molecule has 2 N–H and O–H groups in total. The highest BCUT2D eigenvalue weighted by atomic mass is 32.1. The predicted octanol–water partition coefficient (Wildman–Crippen LogP) is 4.17. The summed E-state index contributed by atoms with van der Waals surface area (Å²) in [5.74, 6) is -0.891. The van der Waals surface area contributed by atoms with E-state index in [1.54, 1.807) is 6.92 Å². The summed E-state index contributed by atoms with van der Waals surface area (Å²) in [4.78, 5) is 15.8. The number of nitrogens with zero attached hydrogens (tertiary/aromatic N) is 1. The van der Waals surface area contributed by atoms with Crippen molar-refractivity contribution in [3.8, 4) is 0 Å². The molecular formula is C15H24N2O2S. The van der Waals surface area contributed by atoms with Gasteiger partial charge in [-0.05, 0) is 37.0 Å². The Morgan fingerprint density at radius 2 is 1.85 bits per heavy atom. The van der Waals surface area contributed by atoms with Gasteiger partial charge in [-0.1, -0.05) is 39.0 Å². The molecule has 0 unspecified atom stereocenters. The van der Waals surface area contributed by atoms with Gasteiger partial charge in [0.15, 0.2) is 5.13 Å². The SMILES string of the molecule is Cc1nc(NC2CC(C)(C)CC(C)(C)C2)sc1C(=O)O. The maximum Gasteiger partial charge on any atom is 0.347 e. The molecule has 0 amide bonds. The number of aromatic carboxylic acids is 1. The van der Waals surface area contributed by atoms with Gasteiger partial charge in [-0.25, -0.2) is 9.78 Å². The number of carboxylic acid groups (broad SMARTS) is 1. The maximum absolute atomic E-state index is 11.1. The molecule has 1 aromatic heterocycles. The van der Waals surface area contributed by atoms with Gasteiger partial charge in [0.25, 0.3) is 0 Å². The predicted molar refractivity (Wildman–Crippen MR) is 82.6 cm³/mol. The quantitative estimate of drug-likeness (QED) is 0.879. The molecule has 0 aromatic carbocycles. The van der Waals surface area contributed by atoms with Crippen LogP contribution in [0.4, 0.5) is 5.13 Å². The van der Waals surface area contributed by atoms with Crippen molar-refractivity contribution in [1.29, 1.82) is 0 Å². The average molecular weight is 296 g/mol. The van der Waals surface area contributed by atoms with E-state index in [0.29, 0.717) is 27.4 Å². The molecule has 1 saturated carbocycles. The Morgan fingerprint density at radius 3 is 2.30 bits per heavy atom. The van der Waals surface area contributed by atoms with Crippen LogP contribution < -0.4 is 5.32 Å². The molecule has 1 fully saturated rings. The first-order chi connectivity index (χ1) is 9.08. The van der Waals surface area contributed by atoms with Gasteiger partial charge in [0, 0.05) is 6.04 Å². The molecule has 1 aliphatic rings. The summed E-state index contributed by atoms with van der Waals surface area (Å²) in [6.07, 6.45) is 3.41. The van der Waals surface area contributed by atoms with Gasteiger partial charge in [0.05, 0.1) is 5.69 Å². The van der Waals surface area contributed by atoms with Crippen LogP contribution >= 0.6 is 11.3 Å². The molecule has 0 bridgehead atoms. The van der Waals surface area contributed by atoms with Crippen LogP contribution in [0.25, 0.3) is 0 Å². The van der Waals surface area contributed by atoms with E-state index in [9.17, 15) is 4.79 Å². The highest BCUT2D eigenvalue weighted by molar-refractivity contribution is 7.17. The van der Waals surface area contributed by atoms with Crippen LogP contribution in [-0.4, -0.2) is 22.1 Å². The van der Waals surface area contributed by atoms with Crippen molar-refractivity contribution in [1.82, 2.24) is 4.98 Å². The zero-order valence-corrected chi connectivity index (χ0v) is 13.7. The van der Waals surface area contributed by atoms with Crippen molar-refractivity contribution in [2.24, 2.45) is 10.8 Å². The number of carbonyl (C=O) groups is 1. The lowest BCUT2D eigenvalue weighted by molar-refractivity contribution is 0.0701. The number of hydrogen-bond donors (Lipinski definition) is 2.